The Labute approximate surface area is 119 Å². The molecule has 3 heteroatoms. The molecule has 0 unspecified atom stereocenters. The van der Waals surface area contributed by atoms with E-state index in [0.717, 1.165) is 18.8 Å². The molecule has 2 aromatic rings. The van der Waals surface area contributed by atoms with Gasteiger partial charge in [0.25, 0.3) is 0 Å². The van der Waals surface area contributed by atoms with Gasteiger partial charge in [0.15, 0.2) is 0 Å². The molecular formula is C16H21NOS. The van der Waals surface area contributed by atoms with E-state index in [0.29, 0.717) is 0 Å². The van der Waals surface area contributed by atoms with Crippen LogP contribution in [0.5, 0.6) is 5.75 Å². The maximum absolute atomic E-state index is 5.24. The second-order valence-electron chi connectivity index (χ2n) is 4.57. The third-order valence-electron chi connectivity index (χ3n) is 3.14. The molecule has 102 valence electrons. The molecule has 0 aromatic heterocycles. The number of thioether (sulfide) groups is 1. The number of methoxy groups -OCH3 is 1. The monoisotopic (exact) mass is 275 g/mol. The molecule has 0 fully saturated rings. The number of fused-ring (bicyclic) bond motifs is 1. The molecule has 0 amide bonds. The minimum Gasteiger partial charge on any atom is -0.497 e. The van der Waals surface area contributed by atoms with Crippen LogP contribution >= 0.6 is 11.8 Å². The van der Waals surface area contributed by atoms with E-state index in [2.05, 4.69) is 41.9 Å². The Morgan fingerprint density at radius 3 is 2.68 bits per heavy atom. The number of ether oxygens (including phenoxy) is 1. The molecule has 0 spiro atoms. The molecular weight excluding hydrogens is 254 g/mol. The Balaban J connectivity index is 1.97. The van der Waals surface area contributed by atoms with Crippen LogP contribution in [0.1, 0.15) is 12.0 Å². The maximum atomic E-state index is 5.24. The largest absolute Gasteiger partial charge is 0.497 e. The van der Waals surface area contributed by atoms with Crippen LogP contribution in [-0.2, 0) is 6.54 Å². The van der Waals surface area contributed by atoms with Gasteiger partial charge in [-0.25, -0.2) is 0 Å². The zero-order valence-electron chi connectivity index (χ0n) is 11.6. The summed E-state index contributed by atoms with van der Waals surface area (Å²) in [5.41, 5.74) is 1.34. The lowest BCUT2D eigenvalue weighted by Gasteiger charge is -2.07. The fraction of sp³-hybridized carbons (Fsp3) is 0.375. The molecule has 0 radical (unpaired) electrons. The summed E-state index contributed by atoms with van der Waals surface area (Å²) < 4.78 is 5.24. The predicted octanol–water partition coefficient (Wildman–Crippen LogP) is 3.69. The van der Waals surface area contributed by atoms with Crippen molar-refractivity contribution < 1.29 is 4.74 Å². The highest BCUT2D eigenvalue weighted by molar-refractivity contribution is 7.98. The maximum Gasteiger partial charge on any atom is 0.119 e. The zero-order chi connectivity index (χ0) is 13.5. The Morgan fingerprint density at radius 1 is 1.11 bits per heavy atom. The summed E-state index contributed by atoms with van der Waals surface area (Å²) in [6, 6.07) is 12.8. The van der Waals surface area contributed by atoms with E-state index >= 15 is 0 Å². The normalized spacial score (nSPS) is 10.8. The van der Waals surface area contributed by atoms with E-state index in [-0.39, 0.29) is 0 Å². The Kier molecular flexibility index (Phi) is 5.55. The van der Waals surface area contributed by atoms with Gasteiger partial charge in [0.1, 0.15) is 5.75 Å². The van der Waals surface area contributed by atoms with Crippen molar-refractivity contribution in [2.75, 3.05) is 25.7 Å². The van der Waals surface area contributed by atoms with Crippen molar-refractivity contribution in [3.8, 4) is 5.75 Å². The van der Waals surface area contributed by atoms with Crippen molar-refractivity contribution in [3.63, 3.8) is 0 Å². The van der Waals surface area contributed by atoms with Crippen LogP contribution in [0.4, 0.5) is 0 Å². The fourth-order valence-corrected chi connectivity index (χ4v) is 2.52. The molecule has 0 aliphatic rings. The highest BCUT2D eigenvalue weighted by Crippen LogP contribution is 2.21. The summed E-state index contributed by atoms with van der Waals surface area (Å²) in [6.45, 7) is 2.03. The number of hydrogen-bond donors (Lipinski definition) is 1. The quantitative estimate of drug-likeness (QED) is 0.779. The topological polar surface area (TPSA) is 21.3 Å². The van der Waals surface area contributed by atoms with Gasteiger partial charge in [-0.15, -0.1) is 0 Å². The van der Waals surface area contributed by atoms with Crippen LogP contribution in [0.2, 0.25) is 0 Å². The van der Waals surface area contributed by atoms with Crippen molar-refractivity contribution in [2.45, 2.75) is 13.0 Å². The predicted molar refractivity (Wildman–Crippen MR) is 85.2 cm³/mol. The Bertz CT molecular complexity index is 527. The third-order valence-corrected chi connectivity index (χ3v) is 3.84. The van der Waals surface area contributed by atoms with Crippen molar-refractivity contribution >= 4 is 22.5 Å². The fourth-order valence-electron chi connectivity index (χ4n) is 2.08. The van der Waals surface area contributed by atoms with Crippen LogP contribution in [0.3, 0.4) is 0 Å². The standard InChI is InChI=1S/C16H21NOS/c1-18-16-7-6-14-10-13(4-5-15(14)11-16)12-17-8-3-9-19-2/h4-7,10-11,17H,3,8-9,12H2,1-2H3. The highest BCUT2D eigenvalue weighted by Gasteiger charge is 1.99. The first-order chi connectivity index (χ1) is 9.33. The minimum atomic E-state index is 0.912. The first kappa shape index (κ1) is 14.2. The van der Waals surface area contributed by atoms with Crippen molar-refractivity contribution in [1.29, 1.82) is 0 Å². The van der Waals surface area contributed by atoms with Crippen LogP contribution in [-0.4, -0.2) is 25.7 Å². The molecule has 2 rings (SSSR count). The highest BCUT2D eigenvalue weighted by atomic mass is 32.2. The summed E-state index contributed by atoms with van der Waals surface area (Å²) in [6.07, 6.45) is 3.38. The van der Waals surface area contributed by atoms with E-state index in [1.165, 1.54) is 28.5 Å². The number of rotatable bonds is 7. The lowest BCUT2D eigenvalue weighted by Crippen LogP contribution is -2.15. The van der Waals surface area contributed by atoms with Crippen molar-refractivity contribution in [1.82, 2.24) is 5.32 Å². The molecule has 1 N–H and O–H groups in total. The van der Waals surface area contributed by atoms with Gasteiger partial charge in [-0.1, -0.05) is 18.2 Å². The average molecular weight is 275 g/mol. The molecule has 0 aliphatic heterocycles. The molecule has 0 aliphatic carbocycles. The van der Waals surface area contributed by atoms with Crippen LogP contribution in [0.15, 0.2) is 36.4 Å². The van der Waals surface area contributed by atoms with Crippen LogP contribution < -0.4 is 10.1 Å². The second kappa shape index (κ2) is 7.41. The van der Waals surface area contributed by atoms with E-state index < -0.39 is 0 Å². The molecule has 2 nitrogen and oxygen atoms in total. The van der Waals surface area contributed by atoms with E-state index in [9.17, 15) is 0 Å². The van der Waals surface area contributed by atoms with Crippen LogP contribution in [0, 0.1) is 0 Å². The van der Waals surface area contributed by atoms with E-state index in [1.54, 1.807) is 7.11 Å². The number of nitrogens with one attached hydrogen (secondary N) is 1. The van der Waals surface area contributed by atoms with Crippen LogP contribution in [0.25, 0.3) is 10.8 Å². The first-order valence-electron chi connectivity index (χ1n) is 6.60. The molecule has 19 heavy (non-hydrogen) atoms. The Morgan fingerprint density at radius 2 is 1.89 bits per heavy atom. The molecule has 0 bridgehead atoms. The van der Waals surface area contributed by atoms with Gasteiger partial charge in [0.2, 0.25) is 0 Å². The summed E-state index contributed by atoms with van der Waals surface area (Å²) in [5.74, 6) is 2.14. The zero-order valence-corrected chi connectivity index (χ0v) is 12.4. The molecule has 0 atom stereocenters. The summed E-state index contributed by atoms with van der Waals surface area (Å²) in [7, 11) is 1.70. The summed E-state index contributed by atoms with van der Waals surface area (Å²) in [4.78, 5) is 0. The lowest BCUT2D eigenvalue weighted by molar-refractivity contribution is 0.415. The van der Waals surface area contributed by atoms with E-state index in [1.807, 2.05) is 17.8 Å². The van der Waals surface area contributed by atoms with Gasteiger partial charge in [0.05, 0.1) is 7.11 Å². The SMILES string of the molecule is COc1ccc2cc(CNCCCSC)ccc2c1. The molecule has 0 heterocycles. The van der Waals surface area contributed by atoms with Gasteiger partial charge in [0, 0.05) is 6.54 Å². The first-order valence-corrected chi connectivity index (χ1v) is 7.99. The van der Waals surface area contributed by atoms with Gasteiger partial charge < -0.3 is 10.1 Å². The van der Waals surface area contributed by atoms with Gasteiger partial charge in [-0.05, 0) is 59.5 Å². The van der Waals surface area contributed by atoms with E-state index in [4.69, 9.17) is 4.74 Å². The molecule has 0 saturated heterocycles. The van der Waals surface area contributed by atoms with Crippen molar-refractivity contribution in [2.24, 2.45) is 0 Å². The smallest absolute Gasteiger partial charge is 0.119 e. The summed E-state index contributed by atoms with van der Waals surface area (Å²) >= 11 is 1.90. The van der Waals surface area contributed by atoms with Crippen molar-refractivity contribution in [3.05, 3.63) is 42.0 Å². The van der Waals surface area contributed by atoms with Gasteiger partial charge in [-0.2, -0.15) is 11.8 Å². The third kappa shape index (κ3) is 4.15. The molecule has 2 aromatic carbocycles. The lowest BCUT2D eigenvalue weighted by atomic mass is 10.1. The second-order valence-corrected chi connectivity index (χ2v) is 5.56. The Hall–Kier alpha value is -1.19. The summed E-state index contributed by atoms with van der Waals surface area (Å²) in [5, 5.41) is 5.98. The number of benzene rings is 2. The minimum absolute atomic E-state index is 0.912. The van der Waals surface area contributed by atoms with Gasteiger partial charge >= 0.3 is 0 Å². The molecule has 0 saturated carbocycles. The average Bonchev–Trinajstić information content (AvgIpc) is 2.46. The number of hydrogen-bond acceptors (Lipinski definition) is 3. The van der Waals surface area contributed by atoms with Gasteiger partial charge in [-0.3, -0.25) is 0 Å².